The van der Waals surface area contributed by atoms with Crippen molar-refractivity contribution >= 4 is 27.5 Å². The molecule has 0 amide bonds. The molecule has 1 unspecified atom stereocenters. The Morgan fingerprint density at radius 2 is 2.00 bits per heavy atom. The smallest absolute Gasteiger partial charge is 0.0731 e. The lowest BCUT2D eigenvalue weighted by Gasteiger charge is -2.16. The maximum Gasteiger partial charge on any atom is 0.0731 e. The van der Waals surface area contributed by atoms with E-state index in [1.807, 2.05) is 36.4 Å². The van der Waals surface area contributed by atoms with Crippen molar-refractivity contribution in [2.45, 2.75) is 12.5 Å². The second-order valence-corrected chi connectivity index (χ2v) is 5.21. The van der Waals surface area contributed by atoms with Crippen molar-refractivity contribution < 1.29 is 0 Å². The Balaban J connectivity index is 2.20. The fourth-order valence-electron chi connectivity index (χ4n) is 1.75. The van der Waals surface area contributed by atoms with Gasteiger partial charge in [0.1, 0.15) is 0 Å². The Kier molecular flexibility index (Phi) is 4.72. The lowest BCUT2D eigenvalue weighted by atomic mass is 10.0. The monoisotopic (exact) mass is 325 g/mol. The van der Waals surface area contributed by atoms with E-state index >= 15 is 0 Å². The molecule has 3 N–H and O–H groups in total. The van der Waals surface area contributed by atoms with Crippen LogP contribution in [0.3, 0.4) is 0 Å². The fourth-order valence-corrected chi connectivity index (χ4v) is 2.40. The molecule has 0 fully saturated rings. The van der Waals surface area contributed by atoms with E-state index in [-0.39, 0.29) is 6.04 Å². The minimum absolute atomic E-state index is 0.0400. The number of halogens is 2. The van der Waals surface area contributed by atoms with Gasteiger partial charge in [-0.3, -0.25) is 16.3 Å². The lowest BCUT2D eigenvalue weighted by Crippen LogP contribution is -2.30. The van der Waals surface area contributed by atoms with Crippen molar-refractivity contribution in [2.75, 3.05) is 0 Å². The number of hydrogen-bond donors (Lipinski definition) is 2. The van der Waals surface area contributed by atoms with E-state index < -0.39 is 0 Å². The molecule has 1 atom stereocenters. The van der Waals surface area contributed by atoms with E-state index in [4.69, 9.17) is 17.4 Å². The molecular formula is C13H13BrClN3. The SMILES string of the molecule is NNC(Cc1ccc(Cl)cc1)c1ncccc1Br. The van der Waals surface area contributed by atoms with Crippen molar-refractivity contribution in [3.63, 3.8) is 0 Å². The molecule has 1 aromatic carbocycles. The molecule has 0 aliphatic rings. The summed E-state index contributed by atoms with van der Waals surface area (Å²) in [7, 11) is 0. The number of nitrogens with two attached hydrogens (primary N) is 1. The minimum Gasteiger partial charge on any atom is -0.271 e. The van der Waals surface area contributed by atoms with E-state index in [1.165, 1.54) is 0 Å². The summed E-state index contributed by atoms with van der Waals surface area (Å²) in [6, 6.07) is 11.5. The second kappa shape index (κ2) is 6.29. The van der Waals surface area contributed by atoms with Crippen LogP contribution in [0.4, 0.5) is 0 Å². The van der Waals surface area contributed by atoms with Gasteiger partial charge in [-0.15, -0.1) is 0 Å². The molecule has 3 nitrogen and oxygen atoms in total. The lowest BCUT2D eigenvalue weighted by molar-refractivity contribution is 0.536. The van der Waals surface area contributed by atoms with Crippen molar-refractivity contribution in [1.82, 2.24) is 10.4 Å². The third-order valence-corrected chi connectivity index (χ3v) is 3.59. The van der Waals surface area contributed by atoms with Gasteiger partial charge in [-0.2, -0.15) is 0 Å². The van der Waals surface area contributed by atoms with Gasteiger partial charge in [0.25, 0.3) is 0 Å². The number of aromatic nitrogens is 1. The highest BCUT2D eigenvalue weighted by molar-refractivity contribution is 9.10. The number of rotatable bonds is 4. The molecular weight excluding hydrogens is 314 g/mol. The summed E-state index contributed by atoms with van der Waals surface area (Å²) >= 11 is 9.35. The molecule has 94 valence electrons. The average Bonchev–Trinajstić information content (AvgIpc) is 2.39. The number of nitrogens with one attached hydrogen (secondary N) is 1. The van der Waals surface area contributed by atoms with Crippen LogP contribution in [0.1, 0.15) is 17.3 Å². The predicted octanol–water partition coefficient (Wildman–Crippen LogP) is 3.24. The molecule has 0 aliphatic carbocycles. The van der Waals surface area contributed by atoms with Gasteiger partial charge < -0.3 is 0 Å². The molecule has 2 aromatic rings. The maximum atomic E-state index is 5.86. The molecule has 0 radical (unpaired) electrons. The maximum absolute atomic E-state index is 5.86. The average molecular weight is 327 g/mol. The van der Waals surface area contributed by atoms with Crippen molar-refractivity contribution in [3.05, 3.63) is 63.3 Å². The molecule has 0 spiro atoms. The topological polar surface area (TPSA) is 50.9 Å². The molecule has 2 rings (SSSR count). The summed E-state index contributed by atoms with van der Waals surface area (Å²) in [4.78, 5) is 4.35. The molecule has 0 aliphatic heterocycles. The Hall–Kier alpha value is -0.940. The largest absolute Gasteiger partial charge is 0.271 e. The Morgan fingerprint density at radius 1 is 1.28 bits per heavy atom. The van der Waals surface area contributed by atoms with Crippen LogP contribution in [0.5, 0.6) is 0 Å². The summed E-state index contributed by atoms with van der Waals surface area (Å²) in [5, 5.41) is 0.732. The van der Waals surface area contributed by atoms with Gasteiger partial charge in [-0.25, -0.2) is 0 Å². The molecule has 1 aromatic heterocycles. The first-order valence-corrected chi connectivity index (χ1v) is 6.69. The minimum atomic E-state index is -0.0400. The van der Waals surface area contributed by atoms with E-state index in [1.54, 1.807) is 6.20 Å². The third-order valence-electron chi connectivity index (χ3n) is 2.67. The zero-order valence-corrected chi connectivity index (χ0v) is 11.9. The van der Waals surface area contributed by atoms with E-state index in [9.17, 15) is 0 Å². The molecule has 0 bridgehead atoms. The first-order valence-electron chi connectivity index (χ1n) is 5.51. The summed E-state index contributed by atoms with van der Waals surface area (Å²) in [6.45, 7) is 0. The van der Waals surface area contributed by atoms with E-state index in [0.29, 0.717) is 0 Å². The third kappa shape index (κ3) is 3.29. The van der Waals surface area contributed by atoms with Crippen LogP contribution in [-0.4, -0.2) is 4.98 Å². The highest BCUT2D eigenvalue weighted by atomic mass is 79.9. The van der Waals surface area contributed by atoms with Crippen LogP contribution < -0.4 is 11.3 Å². The normalized spacial score (nSPS) is 12.4. The van der Waals surface area contributed by atoms with Crippen molar-refractivity contribution in [1.29, 1.82) is 0 Å². The quantitative estimate of drug-likeness (QED) is 0.670. The highest BCUT2D eigenvalue weighted by Crippen LogP contribution is 2.23. The van der Waals surface area contributed by atoms with E-state index in [0.717, 1.165) is 27.2 Å². The summed E-state index contributed by atoms with van der Waals surface area (Å²) in [5.74, 6) is 5.61. The first kappa shape index (κ1) is 13.5. The van der Waals surface area contributed by atoms with Gasteiger partial charge in [0.15, 0.2) is 0 Å². The highest BCUT2D eigenvalue weighted by Gasteiger charge is 2.14. The predicted molar refractivity (Wildman–Crippen MR) is 77.2 cm³/mol. The number of hydrogen-bond acceptors (Lipinski definition) is 3. The Morgan fingerprint density at radius 3 is 2.61 bits per heavy atom. The number of benzene rings is 1. The van der Waals surface area contributed by atoms with Gasteiger partial charge in [-0.05, 0) is 52.2 Å². The molecule has 0 saturated carbocycles. The van der Waals surface area contributed by atoms with Crippen LogP contribution >= 0.6 is 27.5 Å². The van der Waals surface area contributed by atoms with Crippen LogP contribution in [-0.2, 0) is 6.42 Å². The Bertz CT molecular complexity index is 516. The number of hydrazine groups is 1. The molecule has 1 heterocycles. The van der Waals surface area contributed by atoms with Crippen molar-refractivity contribution in [3.8, 4) is 0 Å². The van der Waals surface area contributed by atoms with Gasteiger partial charge in [-0.1, -0.05) is 23.7 Å². The summed E-state index contributed by atoms with van der Waals surface area (Å²) < 4.78 is 0.946. The molecule has 5 heteroatoms. The zero-order chi connectivity index (χ0) is 13.0. The zero-order valence-electron chi connectivity index (χ0n) is 9.61. The second-order valence-electron chi connectivity index (χ2n) is 3.92. The number of nitrogens with zero attached hydrogens (tertiary/aromatic N) is 1. The van der Waals surface area contributed by atoms with Gasteiger partial charge in [0.2, 0.25) is 0 Å². The first-order chi connectivity index (χ1) is 8.70. The van der Waals surface area contributed by atoms with Gasteiger partial charge >= 0.3 is 0 Å². The van der Waals surface area contributed by atoms with Gasteiger partial charge in [0, 0.05) is 15.7 Å². The summed E-state index contributed by atoms with van der Waals surface area (Å²) in [6.07, 6.45) is 2.51. The van der Waals surface area contributed by atoms with Crippen LogP contribution in [0, 0.1) is 0 Å². The van der Waals surface area contributed by atoms with Crippen molar-refractivity contribution in [2.24, 2.45) is 5.84 Å². The molecule has 18 heavy (non-hydrogen) atoms. The summed E-state index contributed by atoms with van der Waals surface area (Å²) in [5.41, 5.74) is 4.85. The fraction of sp³-hybridized carbons (Fsp3) is 0.154. The Labute approximate surface area is 119 Å². The van der Waals surface area contributed by atoms with Gasteiger partial charge in [0.05, 0.1) is 11.7 Å². The van der Waals surface area contributed by atoms with E-state index in [2.05, 4.69) is 26.3 Å². The van der Waals surface area contributed by atoms with Crippen LogP contribution in [0.2, 0.25) is 5.02 Å². The number of pyridine rings is 1. The molecule has 0 saturated heterocycles. The standard InChI is InChI=1S/C13H13BrClN3/c14-11-2-1-7-17-13(11)12(18-16)8-9-3-5-10(15)6-4-9/h1-7,12,18H,8,16H2. The van der Waals surface area contributed by atoms with Crippen LogP contribution in [0.25, 0.3) is 0 Å². The van der Waals surface area contributed by atoms with Crippen LogP contribution in [0.15, 0.2) is 47.1 Å².